The van der Waals surface area contributed by atoms with Crippen molar-refractivity contribution in [2.24, 2.45) is 5.73 Å². The number of sulfonamides is 1. The molecule has 1 heterocycles. The van der Waals surface area contributed by atoms with Crippen LogP contribution in [-0.4, -0.2) is 80.9 Å². The second-order valence-corrected chi connectivity index (χ2v) is 12.2. The second-order valence-electron chi connectivity index (χ2n) is 6.38. The third-order valence-electron chi connectivity index (χ3n) is 4.23. The zero-order valence-corrected chi connectivity index (χ0v) is 22.2. The van der Waals surface area contributed by atoms with E-state index in [1.54, 1.807) is 24.3 Å². The number of phenolic OH excluding ortho intramolecular Hbond substituents is 1. The van der Waals surface area contributed by atoms with Crippen LogP contribution in [0.3, 0.4) is 0 Å². The van der Waals surface area contributed by atoms with E-state index in [2.05, 4.69) is 5.32 Å². The van der Waals surface area contributed by atoms with E-state index in [1.165, 1.54) is 10.4 Å². The molecule has 1 aliphatic rings. The van der Waals surface area contributed by atoms with Crippen LogP contribution < -0.4 is 13.9 Å². The Balaban J connectivity index is 0.000000245. The van der Waals surface area contributed by atoms with Gasteiger partial charge in [-0.1, -0.05) is 29.3 Å². The van der Waals surface area contributed by atoms with Gasteiger partial charge in [0, 0.05) is 0 Å². The summed E-state index contributed by atoms with van der Waals surface area (Å²) < 4.78 is 38.1. The summed E-state index contributed by atoms with van der Waals surface area (Å²) in [6.45, 7) is 0.381. The Hall–Kier alpha value is -0.400. The first-order valence-corrected chi connectivity index (χ1v) is 13.8. The van der Waals surface area contributed by atoms with Gasteiger partial charge in [0.15, 0.2) is 0 Å². The molecule has 8 nitrogen and oxygen atoms in total. The van der Waals surface area contributed by atoms with E-state index in [0.717, 1.165) is 0 Å². The number of aromatic hydroxyl groups is 1. The van der Waals surface area contributed by atoms with Crippen LogP contribution in [0.15, 0.2) is 35.2 Å². The number of halogens is 3. The van der Waals surface area contributed by atoms with Gasteiger partial charge in [-0.15, -0.1) is 0 Å². The van der Waals surface area contributed by atoms with Crippen molar-refractivity contribution in [1.82, 2.24) is 4.31 Å². The van der Waals surface area contributed by atoms with E-state index in [4.69, 9.17) is 40.5 Å². The standard InChI is InChI=1S/C10H11ClNO4S2.C7H6Cl2N2O.Na/c11-8-2-1-3-9(13)10(8)18(15,16)12-4-6-17(14)7-5-12;8-4-2-1-3-5(6(4)9)11-7(10)12;/h1-2,13H,4-7H2;1-3H,(H3,10,11,12);. The average molecular weight is 537 g/mol. The van der Waals surface area contributed by atoms with Crippen molar-refractivity contribution in [3.05, 3.63) is 45.4 Å². The first kappa shape index (κ1) is 26.8. The molecule has 0 spiro atoms. The van der Waals surface area contributed by atoms with Gasteiger partial charge >= 0.3 is 144 Å². The molecule has 0 radical (unpaired) electrons. The Labute approximate surface area is 215 Å². The van der Waals surface area contributed by atoms with E-state index < -0.39 is 27.2 Å². The van der Waals surface area contributed by atoms with Gasteiger partial charge in [0.05, 0.1) is 15.7 Å². The topological polar surface area (TPSA) is 136 Å². The van der Waals surface area contributed by atoms with Crippen LogP contribution in [0.2, 0.25) is 15.1 Å². The van der Waals surface area contributed by atoms with Crippen LogP contribution >= 0.6 is 34.8 Å². The molecule has 164 valence electrons. The van der Waals surface area contributed by atoms with Crippen LogP contribution in [0.1, 0.15) is 0 Å². The van der Waals surface area contributed by atoms with E-state index >= 15 is 0 Å². The molecular formula is C17H17Cl3N3NaO5S2. The molecular weight excluding hydrogens is 520 g/mol. The van der Waals surface area contributed by atoms with E-state index in [0.29, 0.717) is 53.0 Å². The van der Waals surface area contributed by atoms with Gasteiger partial charge in [0.1, 0.15) is 0 Å². The van der Waals surface area contributed by atoms with Crippen molar-refractivity contribution in [3.8, 4) is 5.75 Å². The number of phenols is 1. The summed E-state index contributed by atoms with van der Waals surface area (Å²) in [7, 11) is -3.83. The van der Waals surface area contributed by atoms with Gasteiger partial charge in [-0.2, -0.15) is 0 Å². The van der Waals surface area contributed by atoms with Gasteiger partial charge in [0.25, 0.3) is 0 Å². The second kappa shape index (κ2) is 11.6. The third kappa shape index (κ3) is 7.04. The van der Waals surface area contributed by atoms with Crippen LogP contribution in [0.25, 0.3) is 0 Å². The van der Waals surface area contributed by atoms with Crippen LogP contribution in [0.4, 0.5) is 10.5 Å². The first-order valence-electron chi connectivity index (χ1n) is 8.78. The molecule has 0 aromatic heterocycles. The summed E-state index contributed by atoms with van der Waals surface area (Å²) >= 11 is 16.9. The average Bonchev–Trinajstić information content (AvgIpc) is 2.69. The molecule has 2 aromatic rings. The van der Waals surface area contributed by atoms with Gasteiger partial charge in [-0.25, -0.2) is 4.79 Å². The number of anilines is 1. The number of carbonyl (C=O) groups excluding carboxylic acids is 1. The molecule has 2 aromatic carbocycles. The number of nitrogens with zero attached hydrogens (tertiary/aromatic N) is 1. The quantitative estimate of drug-likeness (QED) is 0.408. The molecule has 2 amide bonds. The van der Waals surface area contributed by atoms with Crippen LogP contribution in [0.5, 0.6) is 5.75 Å². The fraction of sp³-hybridized carbons (Fsp3) is 0.235. The van der Waals surface area contributed by atoms with E-state index in [1.807, 2.05) is 0 Å². The van der Waals surface area contributed by atoms with Crippen molar-refractivity contribution < 1.29 is 22.9 Å². The van der Waals surface area contributed by atoms with Crippen molar-refractivity contribution in [2.45, 2.75) is 4.90 Å². The minimum atomic E-state index is -3.83. The van der Waals surface area contributed by atoms with Crippen molar-refractivity contribution in [2.75, 3.05) is 29.9 Å². The zero-order chi connectivity index (χ0) is 23.3. The summed E-state index contributed by atoms with van der Waals surface area (Å²) in [6, 6.07) is 7.33. The number of benzene rings is 2. The number of nitrogens with one attached hydrogen (secondary N) is 1. The summed E-state index contributed by atoms with van der Waals surface area (Å²) in [5.74, 6) is 0.377. The van der Waals surface area contributed by atoms with Gasteiger partial charge in [-0.3, -0.25) is 0 Å². The molecule has 0 unspecified atom stereocenters. The van der Waals surface area contributed by atoms with E-state index in [-0.39, 0.29) is 33.8 Å². The molecule has 31 heavy (non-hydrogen) atoms. The molecule has 14 heteroatoms. The number of hydrogen-bond acceptors (Lipinski definition) is 5. The monoisotopic (exact) mass is 535 g/mol. The fourth-order valence-electron chi connectivity index (χ4n) is 2.61. The molecule has 0 saturated carbocycles. The predicted octanol–water partition coefficient (Wildman–Crippen LogP) is 2.08. The summed E-state index contributed by atoms with van der Waals surface area (Å²) in [6.07, 6.45) is 0. The minimum absolute atomic E-state index is 0.0174. The fourth-order valence-corrected chi connectivity index (χ4v) is 6.93. The van der Waals surface area contributed by atoms with Gasteiger partial charge < -0.3 is 11.1 Å². The summed E-state index contributed by atoms with van der Waals surface area (Å²) in [4.78, 5) is 10.2. The number of urea groups is 1. The predicted molar refractivity (Wildman–Crippen MR) is 125 cm³/mol. The number of amides is 2. The van der Waals surface area contributed by atoms with Crippen LogP contribution in [-0.2, 0) is 21.2 Å². The molecule has 0 atom stereocenters. The van der Waals surface area contributed by atoms with Gasteiger partial charge in [-0.05, 0) is 12.1 Å². The Morgan fingerprint density at radius 2 is 1.77 bits per heavy atom. The van der Waals surface area contributed by atoms with Gasteiger partial charge in [0.2, 0.25) is 0 Å². The first-order chi connectivity index (χ1) is 14.4. The molecule has 1 saturated heterocycles. The molecule has 0 aliphatic carbocycles. The summed E-state index contributed by atoms with van der Waals surface area (Å²) in [5.41, 5.74) is 5.31. The van der Waals surface area contributed by atoms with Crippen molar-refractivity contribution >= 4 is 98.5 Å². The number of carbonyl (C=O) groups is 1. The zero-order valence-electron chi connectivity index (χ0n) is 16.3. The van der Waals surface area contributed by atoms with Crippen molar-refractivity contribution in [1.29, 1.82) is 0 Å². The molecule has 4 N–H and O–H groups in total. The Bertz CT molecular complexity index is 1070. The van der Waals surface area contributed by atoms with Crippen molar-refractivity contribution in [3.63, 3.8) is 0 Å². The number of hydrogen-bond donors (Lipinski definition) is 3. The number of rotatable bonds is 3. The Morgan fingerprint density at radius 1 is 1.16 bits per heavy atom. The molecule has 3 rings (SSSR count). The Kier molecular flexibility index (Phi) is 10.1. The molecule has 1 fully saturated rings. The van der Waals surface area contributed by atoms with E-state index in [9.17, 15) is 22.9 Å². The van der Waals surface area contributed by atoms with Crippen LogP contribution in [0, 0.1) is 0 Å². The molecule has 0 bridgehead atoms. The maximum atomic E-state index is 12.5. The number of nitrogens with two attached hydrogens (primary N) is 1. The molecule has 1 aliphatic heterocycles. The number of primary amides is 1. The SMILES string of the molecule is NC(=O)Nc1cccc(Cl)c1Cl.O=S(=O)(c1c(Cl)cc[c]([Na])c1O)N1CC[S+]([O-])CC1. The normalized spacial score (nSPS) is 15.2. The maximum absolute atomic E-state index is 12.5. The third-order valence-corrected chi connectivity index (χ3v) is 9.53. The summed E-state index contributed by atoms with van der Waals surface area (Å²) in [5, 5.41) is 13.0. The Morgan fingerprint density at radius 3 is 2.35 bits per heavy atom.